The topological polar surface area (TPSA) is 59.0 Å². The molecular weight excluding hydrogens is 264 g/mol. The van der Waals surface area contributed by atoms with E-state index < -0.39 is 0 Å². The van der Waals surface area contributed by atoms with Gasteiger partial charge in [0.1, 0.15) is 12.4 Å². The minimum atomic E-state index is -0.0460. The van der Waals surface area contributed by atoms with Gasteiger partial charge in [-0.1, -0.05) is 19.1 Å². The molecule has 5 nitrogen and oxygen atoms in total. The predicted octanol–water partition coefficient (Wildman–Crippen LogP) is 2.33. The number of nitrogens with one attached hydrogen (secondary N) is 2. The van der Waals surface area contributed by atoms with E-state index in [4.69, 9.17) is 0 Å². The van der Waals surface area contributed by atoms with Gasteiger partial charge in [0, 0.05) is 18.1 Å². The second kappa shape index (κ2) is 7.59. The number of carbonyl (C=O) groups excluding carboxylic acids is 1. The summed E-state index contributed by atoms with van der Waals surface area (Å²) >= 11 is 0. The fourth-order valence-corrected chi connectivity index (χ4v) is 2.11. The van der Waals surface area contributed by atoms with E-state index in [2.05, 4.69) is 22.5 Å². The van der Waals surface area contributed by atoms with Crippen LogP contribution in [-0.4, -0.2) is 22.0 Å². The third-order valence-corrected chi connectivity index (χ3v) is 3.13. The van der Waals surface area contributed by atoms with Gasteiger partial charge in [0.2, 0.25) is 5.91 Å². The SMILES string of the molecule is CCCNCc1nccn1CC(=O)Nc1cccc(C)c1. The number of aryl methyl sites for hydroxylation is 1. The van der Waals surface area contributed by atoms with Crippen LogP contribution in [0.2, 0.25) is 0 Å². The molecule has 112 valence electrons. The van der Waals surface area contributed by atoms with E-state index in [1.54, 1.807) is 6.20 Å². The molecule has 2 N–H and O–H groups in total. The fraction of sp³-hybridized carbons (Fsp3) is 0.375. The van der Waals surface area contributed by atoms with E-state index in [0.29, 0.717) is 6.54 Å². The first-order valence-electron chi connectivity index (χ1n) is 7.26. The minimum Gasteiger partial charge on any atom is -0.325 e. The molecule has 2 rings (SSSR count). The second-order valence-corrected chi connectivity index (χ2v) is 5.07. The molecule has 1 aromatic heterocycles. The molecule has 1 amide bonds. The van der Waals surface area contributed by atoms with Gasteiger partial charge in [0.25, 0.3) is 0 Å². The zero-order valence-electron chi connectivity index (χ0n) is 12.6. The molecule has 0 aliphatic rings. The summed E-state index contributed by atoms with van der Waals surface area (Å²) in [6.45, 7) is 6.02. The van der Waals surface area contributed by atoms with E-state index in [0.717, 1.165) is 30.0 Å². The lowest BCUT2D eigenvalue weighted by atomic mass is 10.2. The molecule has 1 heterocycles. The number of hydrogen-bond donors (Lipinski definition) is 2. The highest BCUT2D eigenvalue weighted by molar-refractivity contribution is 5.90. The van der Waals surface area contributed by atoms with Gasteiger partial charge in [0.05, 0.1) is 6.54 Å². The van der Waals surface area contributed by atoms with Gasteiger partial charge in [-0.25, -0.2) is 4.98 Å². The first-order valence-corrected chi connectivity index (χ1v) is 7.26. The Kier molecular flexibility index (Phi) is 5.51. The van der Waals surface area contributed by atoms with Crippen LogP contribution in [0.1, 0.15) is 24.7 Å². The number of carbonyl (C=O) groups is 1. The molecule has 2 aromatic rings. The molecule has 21 heavy (non-hydrogen) atoms. The molecule has 0 atom stereocenters. The van der Waals surface area contributed by atoms with Crippen LogP contribution in [0.5, 0.6) is 0 Å². The normalized spacial score (nSPS) is 10.6. The molecule has 0 saturated heterocycles. The average Bonchev–Trinajstić information content (AvgIpc) is 2.86. The summed E-state index contributed by atoms with van der Waals surface area (Å²) in [5.74, 6) is 0.832. The number of hydrogen-bond acceptors (Lipinski definition) is 3. The van der Waals surface area contributed by atoms with Gasteiger partial charge in [0.15, 0.2) is 0 Å². The van der Waals surface area contributed by atoms with Crippen LogP contribution in [0.15, 0.2) is 36.7 Å². The van der Waals surface area contributed by atoms with Crippen LogP contribution in [0.3, 0.4) is 0 Å². The molecule has 0 aliphatic heterocycles. The monoisotopic (exact) mass is 286 g/mol. The first-order chi connectivity index (χ1) is 10.2. The van der Waals surface area contributed by atoms with E-state index in [-0.39, 0.29) is 12.5 Å². The molecule has 0 radical (unpaired) electrons. The molecular formula is C16H22N4O. The summed E-state index contributed by atoms with van der Waals surface area (Å²) < 4.78 is 1.87. The molecule has 0 spiro atoms. The smallest absolute Gasteiger partial charge is 0.244 e. The minimum absolute atomic E-state index is 0.0460. The maximum Gasteiger partial charge on any atom is 0.244 e. The van der Waals surface area contributed by atoms with Crippen LogP contribution >= 0.6 is 0 Å². The van der Waals surface area contributed by atoms with Gasteiger partial charge < -0.3 is 15.2 Å². The molecule has 0 bridgehead atoms. The quantitative estimate of drug-likeness (QED) is 0.768. The number of benzene rings is 1. The largest absolute Gasteiger partial charge is 0.325 e. The zero-order chi connectivity index (χ0) is 15.1. The average molecular weight is 286 g/mol. The summed E-state index contributed by atoms with van der Waals surface area (Å²) in [7, 11) is 0. The van der Waals surface area contributed by atoms with Crippen molar-refractivity contribution in [3.8, 4) is 0 Å². The molecule has 0 aliphatic carbocycles. The van der Waals surface area contributed by atoms with Crippen molar-refractivity contribution in [1.29, 1.82) is 0 Å². The Labute approximate surface area is 125 Å². The van der Waals surface area contributed by atoms with Crippen molar-refractivity contribution in [1.82, 2.24) is 14.9 Å². The number of aromatic nitrogens is 2. The standard InChI is InChI=1S/C16H22N4O/c1-3-7-17-11-15-18-8-9-20(15)12-16(21)19-14-6-4-5-13(2)10-14/h4-6,8-10,17H,3,7,11-12H2,1-2H3,(H,19,21). The molecule has 0 fully saturated rings. The van der Waals surface area contributed by atoms with Gasteiger partial charge >= 0.3 is 0 Å². The summed E-state index contributed by atoms with van der Waals surface area (Å²) in [5.41, 5.74) is 1.95. The van der Waals surface area contributed by atoms with Gasteiger partial charge in [-0.05, 0) is 37.6 Å². The third-order valence-electron chi connectivity index (χ3n) is 3.13. The molecule has 0 unspecified atom stereocenters. The van der Waals surface area contributed by atoms with Gasteiger partial charge in [-0.2, -0.15) is 0 Å². The summed E-state index contributed by atoms with van der Waals surface area (Å²) in [6.07, 6.45) is 4.64. The highest BCUT2D eigenvalue weighted by Crippen LogP contribution is 2.09. The van der Waals surface area contributed by atoms with Crippen molar-refractivity contribution in [2.75, 3.05) is 11.9 Å². The Morgan fingerprint density at radius 3 is 3.00 bits per heavy atom. The van der Waals surface area contributed by atoms with E-state index in [1.165, 1.54) is 0 Å². The van der Waals surface area contributed by atoms with Crippen LogP contribution in [-0.2, 0) is 17.9 Å². The summed E-state index contributed by atoms with van der Waals surface area (Å²) in [5, 5.41) is 6.20. The summed E-state index contributed by atoms with van der Waals surface area (Å²) in [4.78, 5) is 16.4. The van der Waals surface area contributed by atoms with E-state index in [9.17, 15) is 4.79 Å². The van der Waals surface area contributed by atoms with Crippen molar-refractivity contribution >= 4 is 11.6 Å². The van der Waals surface area contributed by atoms with Crippen LogP contribution < -0.4 is 10.6 Å². The number of imidazole rings is 1. The van der Waals surface area contributed by atoms with E-state index in [1.807, 2.05) is 42.0 Å². The van der Waals surface area contributed by atoms with Crippen molar-refractivity contribution in [2.24, 2.45) is 0 Å². The lowest BCUT2D eigenvalue weighted by molar-refractivity contribution is -0.116. The Morgan fingerprint density at radius 1 is 1.38 bits per heavy atom. The summed E-state index contributed by atoms with van der Waals surface area (Å²) in [6, 6.07) is 7.78. The lowest BCUT2D eigenvalue weighted by Gasteiger charge is -2.09. The molecule has 1 aromatic carbocycles. The maximum atomic E-state index is 12.1. The fourth-order valence-electron chi connectivity index (χ4n) is 2.11. The van der Waals surface area contributed by atoms with Crippen molar-refractivity contribution < 1.29 is 4.79 Å². The zero-order valence-corrected chi connectivity index (χ0v) is 12.6. The van der Waals surface area contributed by atoms with Crippen LogP contribution in [0.25, 0.3) is 0 Å². The molecule has 0 saturated carbocycles. The van der Waals surface area contributed by atoms with Crippen molar-refractivity contribution in [3.05, 3.63) is 48.0 Å². The van der Waals surface area contributed by atoms with Gasteiger partial charge in [-0.15, -0.1) is 0 Å². The van der Waals surface area contributed by atoms with Crippen molar-refractivity contribution in [3.63, 3.8) is 0 Å². The van der Waals surface area contributed by atoms with Gasteiger partial charge in [-0.3, -0.25) is 4.79 Å². The predicted molar refractivity (Wildman–Crippen MR) is 84.0 cm³/mol. The lowest BCUT2D eigenvalue weighted by Crippen LogP contribution is -2.22. The number of rotatable bonds is 7. The Hall–Kier alpha value is -2.14. The highest BCUT2D eigenvalue weighted by Gasteiger charge is 2.07. The Bertz CT molecular complexity index is 591. The number of nitrogens with zero attached hydrogens (tertiary/aromatic N) is 2. The van der Waals surface area contributed by atoms with Crippen LogP contribution in [0, 0.1) is 6.92 Å². The Balaban J connectivity index is 1.92. The van der Waals surface area contributed by atoms with Crippen molar-refractivity contribution in [2.45, 2.75) is 33.4 Å². The van der Waals surface area contributed by atoms with E-state index >= 15 is 0 Å². The maximum absolute atomic E-state index is 12.1. The van der Waals surface area contributed by atoms with Crippen LogP contribution in [0.4, 0.5) is 5.69 Å². The number of anilines is 1. The Morgan fingerprint density at radius 2 is 2.24 bits per heavy atom. The molecule has 5 heteroatoms. The number of amides is 1. The third kappa shape index (κ3) is 4.72. The second-order valence-electron chi connectivity index (χ2n) is 5.07. The first kappa shape index (κ1) is 15.3. The highest BCUT2D eigenvalue weighted by atomic mass is 16.1.